The van der Waals surface area contributed by atoms with E-state index in [2.05, 4.69) is 15.5 Å². The second kappa shape index (κ2) is 8.47. The van der Waals surface area contributed by atoms with Crippen molar-refractivity contribution in [1.82, 2.24) is 15.5 Å². The fraction of sp³-hybridized carbons (Fsp3) is 0.667. The molecule has 29 heavy (non-hydrogen) atoms. The molecule has 0 saturated heterocycles. The minimum Gasteiger partial charge on any atom is -0.497 e. The second-order valence-corrected chi connectivity index (χ2v) is 9.27. The molecule has 1 aromatic carbocycles. The number of ether oxygens (including phenoxy) is 1. The van der Waals surface area contributed by atoms with Crippen LogP contribution in [0.4, 0.5) is 0 Å². The van der Waals surface area contributed by atoms with Crippen molar-refractivity contribution in [1.29, 1.82) is 0 Å². The van der Waals surface area contributed by atoms with Gasteiger partial charge in [-0.2, -0.15) is 4.98 Å². The lowest BCUT2D eigenvalue weighted by Crippen LogP contribution is -2.39. The Labute approximate surface area is 173 Å². The monoisotopic (exact) mass is 395 g/mol. The molecular formula is C24H33N3O2. The predicted octanol–water partition coefficient (Wildman–Crippen LogP) is 4.87. The van der Waals surface area contributed by atoms with E-state index >= 15 is 0 Å². The van der Waals surface area contributed by atoms with E-state index in [9.17, 15) is 0 Å². The van der Waals surface area contributed by atoms with Crippen molar-refractivity contribution in [2.24, 2.45) is 23.7 Å². The maximum absolute atomic E-state index is 5.43. The Morgan fingerprint density at radius 1 is 1.03 bits per heavy atom. The topological polar surface area (TPSA) is 60.2 Å². The Kier molecular flexibility index (Phi) is 5.58. The number of methoxy groups -OCH3 is 1. The van der Waals surface area contributed by atoms with E-state index in [4.69, 9.17) is 9.26 Å². The summed E-state index contributed by atoms with van der Waals surface area (Å²) in [4.78, 5) is 4.54. The molecule has 0 radical (unpaired) electrons. The summed E-state index contributed by atoms with van der Waals surface area (Å²) in [5.74, 6) is 6.41. The van der Waals surface area contributed by atoms with Crippen LogP contribution in [-0.4, -0.2) is 29.8 Å². The first-order valence-corrected chi connectivity index (χ1v) is 11.5. The zero-order chi connectivity index (χ0) is 19.6. The third-order valence-electron chi connectivity index (χ3n) is 7.72. The van der Waals surface area contributed by atoms with Crippen LogP contribution in [-0.2, 0) is 6.42 Å². The van der Waals surface area contributed by atoms with Gasteiger partial charge in [0, 0.05) is 18.0 Å². The molecule has 3 aliphatic rings. The van der Waals surface area contributed by atoms with Crippen molar-refractivity contribution in [2.45, 2.75) is 63.8 Å². The Morgan fingerprint density at radius 2 is 1.90 bits per heavy atom. The van der Waals surface area contributed by atoms with Gasteiger partial charge < -0.3 is 14.6 Å². The van der Waals surface area contributed by atoms with Crippen molar-refractivity contribution in [3.05, 3.63) is 30.2 Å². The fourth-order valence-electron chi connectivity index (χ4n) is 6.38. The van der Waals surface area contributed by atoms with E-state index in [-0.39, 0.29) is 0 Å². The third-order valence-corrected chi connectivity index (χ3v) is 7.72. The van der Waals surface area contributed by atoms with Gasteiger partial charge in [-0.05, 0) is 93.0 Å². The lowest BCUT2D eigenvalue weighted by Gasteiger charge is -2.32. The Hall–Kier alpha value is -1.88. The number of benzene rings is 1. The van der Waals surface area contributed by atoms with Gasteiger partial charge in [-0.1, -0.05) is 18.0 Å². The molecule has 156 valence electrons. The number of unbranched alkanes of at least 4 members (excludes halogenated alkanes) is 2. The molecule has 3 saturated carbocycles. The van der Waals surface area contributed by atoms with Crippen molar-refractivity contribution in [2.75, 3.05) is 13.7 Å². The average molecular weight is 396 g/mol. The quantitative estimate of drug-likeness (QED) is 0.614. The SMILES string of the molecule is COc1ccc(-c2noc(CCCCCN[C@@H]3C[C@H]4C[C@H]3[C@H]3CCC[C@@H]43)n2)cc1. The van der Waals surface area contributed by atoms with E-state index in [1.807, 2.05) is 24.3 Å². The highest BCUT2D eigenvalue weighted by Gasteiger charge is 2.53. The molecule has 1 aromatic heterocycles. The molecule has 3 fully saturated rings. The number of hydrogen-bond acceptors (Lipinski definition) is 5. The van der Waals surface area contributed by atoms with Gasteiger partial charge in [-0.15, -0.1) is 0 Å². The highest BCUT2D eigenvalue weighted by molar-refractivity contribution is 5.55. The summed E-state index contributed by atoms with van der Waals surface area (Å²) in [6, 6.07) is 8.57. The fourth-order valence-corrected chi connectivity index (χ4v) is 6.38. The van der Waals surface area contributed by atoms with Crippen LogP contribution in [0, 0.1) is 23.7 Å². The first-order chi connectivity index (χ1) is 14.3. The number of fused-ring (bicyclic) bond motifs is 5. The summed E-state index contributed by atoms with van der Waals surface area (Å²) in [5, 5.41) is 8.02. The zero-order valence-electron chi connectivity index (χ0n) is 17.5. The molecule has 0 unspecified atom stereocenters. The largest absolute Gasteiger partial charge is 0.497 e. The molecule has 0 aliphatic heterocycles. The number of nitrogens with zero attached hydrogens (tertiary/aromatic N) is 2. The minimum atomic E-state index is 0.658. The zero-order valence-corrected chi connectivity index (χ0v) is 17.5. The van der Waals surface area contributed by atoms with Crippen LogP contribution < -0.4 is 10.1 Å². The van der Waals surface area contributed by atoms with Crippen molar-refractivity contribution in [3.8, 4) is 17.1 Å². The highest BCUT2D eigenvalue weighted by atomic mass is 16.5. The van der Waals surface area contributed by atoms with E-state index in [0.717, 1.165) is 66.3 Å². The van der Waals surface area contributed by atoms with Gasteiger partial charge in [0.25, 0.3) is 0 Å². The summed E-state index contributed by atoms with van der Waals surface area (Å²) in [5.41, 5.74) is 0.959. The average Bonchev–Trinajstić information content (AvgIpc) is 3.53. The standard InChI is InChI=1S/C24H33N3O2/c1-28-18-11-9-16(10-12-18)24-26-23(29-27-24)8-3-2-4-13-25-22-15-17-14-21(22)20-7-5-6-19(17)20/h9-12,17,19-22,25H,2-8,13-15H2,1H3/t17-,19+,20+,21+,22-/m1/s1. The van der Waals surface area contributed by atoms with Crippen molar-refractivity contribution >= 4 is 0 Å². The van der Waals surface area contributed by atoms with Crippen LogP contribution in [0.15, 0.2) is 28.8 Å². The first kappa shape index (κ1) is 19.1. The van der Waals surface area contributed by atoms with Gasteiger partial charge in [0.1, 0.15) is 5.75 Å². The predicted molar refractivity (Wildman–Crippen MR) is 113 cm³/mol. The third kappa shape index (κ3) is 3.94. The molecule has 2 bridgehead atoms. The molecule has 5 heteroatoms. The number of hydrogen-bond donors (Lipinski definition) is 1. The molecule has 5 rings (SSSR count). The minimum absolute atomic E-state index is 0.658. The van der Waals surface area contributed by atoms with Crippen LogP contribution in [0.2, 0.25) is 0 Å². The molecule has 0 amide bonds. The normalized spacial score (nSPS) is 30.0. The molecule has 5 nitrogen and oxygen atoms in total. The Morgan fingerprint density at radius 3 is 2.76 bits per heavy atom. The van der Waals surface area contributed by atoms with Gasteiger partial charge >= 0.3 is 0 Å². The summed E-state index contributed by atoms with van der Waals surface area (Å²) in [7, 11) is 1.67. The molecule has 5 atom stereocenters. The van der Waals surface area contributed by atoms with Gasteiger partial charge in [0.15, 0.2) is 0 Å². The van der Waals surface area contributed by atoms with Crippen LogP contribution in [0.5, 0.6) is 5.75 Å². The lowest BCUT2D eigenvalue weighted by atomic mass is 9.79. The smallest absolute Gasteiger partial charge is 0.226 e. The van der Waals surface area contributed by atoms with Crippen LogP contribution >= 0.6 is 0 Å². The van der Waals surface area contributed by atoms with E-state index in [0.29, 0.717) is 5.82 Å². The molecule has 1 N–H and O–H groups in total. The maximum atomic E-state index is 5.43. The number of rotatable bonds is 9. The van der Waals surface area contributed by atoms with Crippen LogP contribution in [0.25, 0.3) is 11.4 Å². The number of aromatic nitrogens is 2. The van der Waals surface area contributed by atoms with E-state index in [1.165, 1.54) is 44.9 Å². The second-order valence-electron chi connectivity index (χ2n) is 9.27. The Balaban J connectivity index is 1.00. The van der Waals surface area contributed by atoms with Crippen LogP contribution in [0.3, 0.4) is 0 Å². The number of aryl methyl sites for hydroxylation is 1. The summed E-state index contributed by atoms with van der Waals surface area (Å²) in [6.07, 6.45) is 11.9. The van der Waals surface area contributed by atoms with Gasteiger partial charge in [-0.3, -0.25) is 0 Å². The molecule has 2 aromatic rings. The Bertz CT molecular complexity index is 803. The first-order valence-electron chi connectivity index (χ1n) is 11.5. The highest BCUT2D eigenvalue weighted by Crippen LogP contribution is 2.58. The number of nitrogens with one attached hydrogen (secondary N) is 1. The molecule has 1 heterocycles. The lowest BCUT2D eigenvalue weighted by molar-refractivity contribution is 0.208. The molecular weight excluding hydrogens is 362 g/mol. The molecule has 3 aliphatic carbocycles. The summed E-state index contributed by atoms with van der Waals surface area (Å²) < 4.78 is 10.6. The van der Waals surface area contributed by atoms with Gasteiger partial charge in [0.2, 0.25) is 11.7 Å². The van der Waals surface area contributed by atoms with E-state index in [1.54, 1.807) is 7.11 Å². The van der Waals surface area contributed by atoms with Crippen molar-refractivity contribution in [3.63, 3.8) is 0 Å². The summed E-state index contributed by atoms with van der Waals surface area (Å²) >= 11 is 0. The van der Waals surface area contributed by atoms with Gasteiger partial charge in [-0.25, -0.2) is 0 Å². The van der Waals surface area contributed by atoms with Gasteiger partial charge in [0.05, 0.1) is 7.11 Å². The van der Waals surface area contributed by atoms with Crippen LogP contribution in [0.1, 0.15) is 57.3 Å². The maximum Gasteiger partial charge on any atom is 0.226 e. The van der Waals surface area contributed by atoms with E-state index < -0.39 is 0 Å². The summed E-state index contributed by atoms with van der Waals surface area (Å²) in [6.45, 7) is 1.16. The molecule has 0 spiro atoms. The van der Waals surface area contributed by atoms with Crippen molar-refractivity contribution < 1.29 is 9.26 Å².